The maximum atomic E-state index is 13.8. The van der Waals surface area contributed by atoms with Gasteiger partial charge in [-0.05, 0) is 37.5 Å². The quantitative estimate of drug-likeness (QED) is 0.826. The first-order valence-electron chi connectivity index (χ1n) is 5.37. The molecule has 0 unspecified atom stereocenters. The van der Waals surface area contributed by atoms with Crippen LogP contribution >= 0.6 is 0 Å². The standard InChI is InChI=1S/C12H17FN2/c1-8(14)9-3-6-12(11(13)7-9)15(2)10-4-5-10/h3,6-8,10H,4-5,14H2,1-2H3/t8-/m0/s1. The van der Waals surface area contributed by atoms with Crippen LogP contribution in [0, 0.1) is 5.82 Å². The summed E-state index contributed by atoms with van der Waals surface area (Å²) in [5.74, 6) is -0.167. The van der Waals surface area contributed by atoms with Crippen molar-refractivity contribution in [2.45, 2.75) is 31.8 Å². The fraction of sp³-hybridized carbons (Fsp3) is 0.500. The third kappa shape index (κ3) is 2.12. The molecule has 0 aliphatic heterocycles. The van der Waals surface area contributed by atoms with Gasteiger partial charge in [0.1, 0.15) is 5.82 Å². The lowest BCUT2D eigenvalue weighted by atomic mass is 10.1. The monoisotopic (exact) mass is 208 g/mol. The Hall–Kier alpha value is -1.09. The molecule has 0 saturated heterocycles. The summed E-state index contributed by atoms with van der Waals surface area (Å²) in [5, 5.41) is 0. The van der Waals surface area contributed by atoms with Crippen molar-refractivity contribution in [1.29, 1.82) is 0 Å². The fourth-order valence-electron chi connectivity index (χ4n) is 1.75. The van der Waals surface area contributed by atoms with Crippen molar-refractivity contribution in [2.24, 2.45) is 5.73 Å². The zero-order chi connectivity index (χ0) is 11.0. The Balaban J connectivity index is 2.25. The molecule has 2 rings (SSSR count). The Bertz CT molecular complexity index is 359. The molecule has 0 bridgehead atoms. The van der Waals surface area contributed by atoms with Crippen molar-refractivity contribution in [3.05, 3.63) is 29.6 Å². The molecule has 0 amide bonds. The Morgan fingerprint density at radius 3 is 2.60 bits per heavy atom. The van der Waals surface area contributed by atoms with E-state index in [9.17, 15) is 4.39 Å². The van der Waals surface area contributed by atoms with Gasteiger partial charge in [-0.1, -0.05) is 6.07 Å². The molecule has 0 aromatic heterocycles. The van der Waals surface area contributed by atoms with Crippen molar-refractivity contribution in [3.8, 4) is 0 Å². The molecular formula is C12H17FN2. The Morgan fingerprint density at radius 1 is 1.47 bits per heavy atom. The van der Waals surface area contributed by atoms with Crippen LogP contribution in [-0.4, -0.2) is 13.1 Å². The van der Waals surface area contributed by atoms with Gasteiger partial charge < -0.3 is 10.6 Å². The summed E-state index contributed by atoms with van der Waals surface area (Å²) in [6.07, 6.45) is 2.34. The minimum absolute atomic E-state index is 0.111. The summed E-state index contributed by atoms with van der Waals surface area (Å²) < 4.78 is 13.8. The number of halogens is 1. The average molecular weight is 208 g/mol. The number of nitrogens with zero attached hydrogens (tertiary/aromatic N) is 1. The van der Waals surface area contributed by atoms with E-state index in [-0.39, 0.29) is 11.9 Å². The normalized spacial score (nSPS) is 17.6. The highest BCUT2D eigenvalue weighted by atomic mass is 19.1. The highest BCUT2D eigenvalue weighted by molar-refractivity contribution is 5.50. The summed E-state index contributed by atoms with van der Waals surface area (Å²) >= 11 is 0. The number of anilines is 1. The van der Waals surface area contributed by atoms with Crippen molar-refractivity contribution >= 4 is 5.69 Å². The molecule has 0 radical (unpaired) electrons. The molecule has 1 aromatic rings. The maximum absolute atomic E-state index is 13.8. The van der Waals surface area contributed by atoms with Crippen LogP contribution < -0.4 is 10.6 Å². The lowest BCUT2D eigenvalue weighted by Gasteiger charge is -2.20. The van der Waals surface area contributed by atoms with E-state index >= 15 is 0 Å². The molecule has 1 aliphatic carbocycles. The number of nitrogens with two attached hydrogens (primary N) is 1. The highest BCUT2D eigenvalue weighted by Crippen LogP contribution is 2.32. The largest absolute Gasteiger partial charge is 0.369 e. The smallest absolute Gasteiger partial charge is 0.146 e. The summed E-state index contributed by atoms with van der Waals surface area (Å²) in [4.78, 5) is 2.01. The minimum atomic E-state index is -0.167. The molecule has 1 atom stereocenters. The van der Waals surface area contributed by atoms with Crippen LogP contribution in [0.2, 0.25) is 0 Å². The lowest BCUT2D eigenvalue weighted by Crippen LogP contribution is -2.20. The summed E-state index contributed by atoms with van der Waals surface area (Å²) in [5.41, 5.74) is 7.23. The van der Waals surface area contributed by atoms with Gasteiger partial charge in [-0.2, -0.15) is 0 Å². The predicted octanol–water partition coefficient (Wildman–Crippen LogP) is 2.44. The van der Waals surface area contributed by atoms with Gasteiger partial charge in [0.2, 0.25) is 0 Å². The molecule has 1 saturated carbocycles. The van der Waals surface area contributed by atoms with Gasteiger partial charge in [-0.25, -0.2) is 4.39 Å². The Labute approximate surface area is 89.9 Å². The molecule has 82 valence electrons. The molecular weight excluding hydrogens is 191 g/mol. The number of hydrogen-bond donors (Lipinski definition) is 1. The second kappa shape index (κ2) is 3.81. The van der Waals surface area contributed by atoms with Gasteiger partial charge >= 0.3 is 0 Å². The maximum Gasteiger partial charge on any atom is 0.146 e. The second-order valence-corrected chi connectivity index (χ2v) is 4.34. The summed E-state index contributed by atoms with van der Waals surface area (Å²) in [6, 6.07) is 5.69. The van der Waals surface area contributed by atoms with E-state index in [2.05, 4.69) is 0 Å². The molecule has 15 heavy (non-hydrogen) atoms. The summed E-state index contributed by atoms with van der Waals surface area (Å²) in [6.45, 7) is 1.86. The van der Waals surface area contributed by atoms with Crippen LogP contribution in [0.15, 0.2) is 18.2 Å². The van der Waals surface area contributed by atoms with Gasteiger partial charge in [0.25, 0.3) is 0 Å². The van der Waals surface area contributed by atoms with Gasteiger partial charge in [-0.3, -0.25) is 0 Å². The van der Waals surface area contributed by atoms with Gasteiger partial charge in [-0.15, -0.1) is 0 Å². The Kier molecular flexibility index (Phi) is 2.65. The van der Waals surface area contributed by atoms with Crippen molar-refractivity contribution in [1.82, 2.24) is 0 Å². The molecule has 1 aliphatic rings. The molecule has 2 nitrogen and oxygen atoms in total. The van der Waals surface area contributed by atoms with E-state index in [0.29, 0.717) is 11.7 Å². The number of hydrogen-bond acceptors (Lipinski definition) is 2. The van der Waals surface area contributed by atoms with Crippen LogP contribution in [-0.2, 0) is 0 Å². The van der Waals surface area contributed by atoms with Gasteiger partial charge in [0.15, 0.2) is 0 Å². The molecule has 1 fully saturated rings. The van der Waals surface area contributed by atoms with Crippen molar-refractivity contribution < 1.29 is 4.39 Å². The first-order valence-corrected chi connectivity index (χ1v) is 5.37. The van der Waals surface area contributed by atoms with Crippen molar-refractivity contribution in [3.63, 3.8) is 0 Å². The minimum Gasteiger partial charge on any atom is -0.369 e. The molecule has 1 aromatic carbocycles. The number of rotatable bonds is 3. The summed E-state index contributed by atoms with van der Waals surface area (Å²) in [7, 11) is 1.95. The second-order valence-electron chi connectivity index (χ2n) is 4.34. The predicted molar refractivity (Wildman–Crippen MR) is 60.4 cm³/mol. The van der Waals surface area contributed by atoms with E-state index in [0.717, 1.165) is 5.56 Å². The van der Waals surface area contributed by atoms with Gasteiger partial charge in [0, 0.05) is 19.1 Å². The molecule has 2 N–H and O–H groups in total. The van der Waals surface area contributed by atoms with Crippen LogP contribution in [0.25, 0.3) is 0 Å². The molecule has 0 spiro atoms. The van der Waals surface area contributed by atoms with E-state index < -0.39 is 0 Å². The highest BCUT2D eigenvalue weighted by Gasteiger charge is 2.27. The third-order valence-electron chi connectivity index (χ3n) is 2.97. The zero-order valence-electron chi connectivity index (χ0n) is 9.20. The lowest BCUT2D eigenvalue weighted by molar-refractivity contribution is 0.616. The van der Waals surface area contributed by atoms with Crippen molar-refractivity contribution in [2.75, 3.05) is 11.9 Å². The fourth-order valence-corrected chi connectivity index (χ4v) is 1.75. The van der Waals surface area contributed by atoms with E-state index in [1.807, 2.05) is 31.0 Å². The van der Waals surface area contributed by atoms with Crippen LogP contribution in [0.1, 0.15) is 31.4 Å². The average Bonchev–Trinajstić information content (AvgIpc) is 2.99. The number of benzene rings is 1. The SMILES string of the molecule is C[C@H](N)c1ccc(N(C)C2CC2)c(F)c1. The van der Waals surface area contributed by atoms with E-state index in [1.54, 1.807) is 6.07 Å². The first-order chi connectivity index (χ1) is 7.09. The van der Waals surface area contributed by atoms with Crippen LogP contribution in [0.4, 0.5) is 10.1 Å². The molecule has 3 heteroatoms. The van der Waals surface area contributed by atoms with E-state index in [1.165, 1.54) is 12.8 Å². The Morgan fingerprint density at radius 2 is 2.13 bits per heavy atom. The van der Waals surface area contributed by atoms with Gasteiger partial charge in [0.05, 0.1) is 5.69 Å². The topological polar surface area (TPSA) is 29.3 Å². The molecule has 0 heterocycles. The van der Waals surface area contributed by atoms with Crippen LogP contribution in [0.5, 0.6) is 0 Å². The third-order valence-corrected chi connectivity index (χ3v) is 2.97. The first kappa shape index (κ1) is 10.4. The van der Waals surface area contributed by atoms with Crippen LogP contribution in [0.3, 0.4) is 0 Å². The van der Waals surface area contributed by atoms with E-state index in [4.69, 9.17) is 5.73 Å². The zero-order valence-corrected chi connectivity index (χ0v) is 9.20.